The van der Waals surface area contributed by atoms with Gasteiger partial charge in [0.25, 0.3) is 0 Å². The molecule has 0 amide bonds. The van der Waals surface area contributed by atoms with Crippen LogP contribution >= 0.6 is 9.03 Å². The van der Waals surface area contributed by atoms with Crippen molar-refractivity contribution in [2.24, 2.45) is 0 Å². The molecule has 0 radical (unpaired) electrons. The standard InChI is InChI=1S/C40H51O2P/c1-37(2,3)27-18-20-29(32(24-27)39(7,8)9)30-22-23-34(42-43-41)35(26-16-14-13-15-17-26)36(30)31-21-19-28(38(4,5)6)25-33(31)40(10,11)12/h13-25,41,43H,1-12H3. The van der Waals surface area contributed by atoms with Crippen LogP contribution in [0, 0.1) is 0 Å². The molecular formula is C40H51O2P. The van der Waals surface area contributed by atoms with Crippen LogP contribution in [0.3, 0.4) is 0 Å². The Kier molecular flexibility index (Phi) is 9.10. The molecule has 0 fully saturated rings. The molecule has 0 aliphatic heterocycles. The quantitative estimate of drug-likeness (QED) is 0.233. The molecule has 0 aliphatic carbocycles. The Morgan fingerprint density at radius 2 is 0.953 bits per heavy atom. The molecule has 0 heterocycles. The smallest absolute Gasteiger partial charge is 0.212 e. The van der Waals surface area contributed by atoms with Gasteiger partial charge in [0.05, 0.1) is 0 Å². The Morgan fingerprint density at radius 3 is 1.42 bits per heavy atom. The zero-order valence-electron chi connectivity index (χ0n) is 28.4. The summed E-state index contributed by atoms with van der Waals surface area (Å²) in [6.45, 7) is 27.5. The van der Waals surface area contributed by atoms with Gasteiger partial charge in [-0.25, -0.2) is 0 Å². The van der Waals surface area contributed by atoms with E-state index >= 15 is 0 Å². The highest BCUT2D eigenvalue weighted by atomic mass is 31.1. The first-order valence-electron chi connectivity index (χ1n) is 15.4. The molecule has 0 saturated heterocycles. The van der Waals surface area contributed by atoms with Crippen molar-refractivity contribution in [3.05, 3.63) is 101 Å². The van der Waals surface area contributed by atoms with Gasteiger partial charge in [-0.05, 0) is 72.2 Å². The first-order valence-corrected chi connectivity index (χ1v) is 16.3. The van der Waals surface area contributed by atoms with Crippen molar-refractivity contribution in [1.82, 2.24) is 0 Å². The molecule has 1 unspecified atom stereocenters. The van der Waals surface area contributed by atoms with E-state index in [0.29, 0.717) is 5.75 Å². The average Bonchev–Trinajstić information content (AvgIpc) is 2.91. The fourth-order valence-corrected chi connectivity index (χ4v) is 6.10. The lowest BCUT2D eigenvalue weighted by atomic mass is 9.73. The van der Waals surface area contributed by atoms with E-state index in [1.807, 2.05) is 12.1 Å². The Morgan fingerprint density at radius 1 is 0.488 bits per heavy atom. The van der Waals surface area contributed by atoms with Gasteiger partial charge in [-0.1, -0.05) is 156 Å². The van der Waals surface area contributed by atoms with Crippen LogP contribution in [0.4, 0.5) is 0 Å². The van der Waals surface area contributed by atoms with E-state index in [-0.39, 0.29) is 21.7 Å². The molecule has 43 heavy (non-hydrogen) atoms. The number of hydrogen-bond acceptors (Lipinski definition) is 2. The molecule has 0 bridgehead atoms. The fourth-order valence-electron chi connectivity index (χ4n) is 5.83. The molecule has 4 aromatic rings. The van der Waals surface area contributed by atoms with Gasteiger partial charge < -0.3 is 9.42 Å². The van der Waals surface area contributed by atoms with Crippen molar-refractivity contribution in [2.75, 3.05) is 0 Å². The van der Waals surface area contributed by atoms with Crippen molar-refractivity contribution in [3.63, 3.8) is 0 Å². The zero-order chi connectivity index (χ0) is 32.0. The monoisotopic (exact) mass is 594 g/mol. The summed E-state index contributed by atoms with van der Waals surface area (Å²) in [6.07, 6.45) is 0. The molecule has 1 N–H and O–H groups in total. The van der Waals surface area contributed by atoms with Crippen LogP contribution in [0.5, 0.6) is 5.75 Å². The minimum absolute atomic E-state index is 0.0226. The van der Waals surface area contributed by atoms with Crippen molar-refractivity contribution in [3.8, 4) is 39.1 Å². The Balaban J connectivity index is 2.24. The minimum Gasteiger partial charge on any atom is -0.449 e. The number of rotatable bonds is 5. The summed E-state index contributed by atoms with van der Waals surface area (Å²) in [7, 11) is -0.649. The number of hydrogen-bond donors (Lipinski definition) is 1. The predicted molar refractivity (Wildman–Crippen MR) is 189 cm³/mol. The van der Waals surface area contributed by atoms with E-state index in [0.717, 1.165) is 16.7 Å². The van der Waals surface area contributed by atoms with E-state index in [1.165, 1.54) is 38.9 Å². The van der Waals surface area contributed by atoms with Crippen LogP contribution in [0.15, 0.2) is 78.9 Å². The summed E-state index contributed by atoms with van der Waals surface area (Å²) >= 11 is 0. The topological polar surface area (TPSA) is 29.5 Å². The largest absolute Gasteiger partial charge is 0.449 e. The number of benzene rings is 4. The predicted octanol–water partition coefficient (Wildman–Crippen LogP) is 11.8. The highest BCUT2D eigenvalue weighted by molar-refractivity contribution is 7.25. The fraction of sp³-hybridized carbons (Fsp3) is 0.400. The lowest BCUT2D eigenvalue weighted by Gasteiger charge is -2.31. The van der Waals surface area contributed by atoms with Gasteiger partial charge in [-0.2, -0.15) is 0 Å². The first kappa shape index (κ1) is 33.0. The lowest BCUT2D eigenvalue weighted by molar-refractivity contribution is 0.515. The third-order valence-electron chi connectivity index (χ3n) is 8.33. The highest BCUT2D eigenvalue weighted by Gasteiger charge is 2.30. The van der Waals surface area contributed by atoms with Gasteiger partial charge in [0.1, 0.15) is 5.75 Å². The van der Waals surface area contributed by atoms with Crippen LogP contribution in [0.2, 0.25) is 0 Å². The van der Waals surface area contributed by atoms with Crippen LogP contribution in [-0.4, -0.2) is 4.89 Å². The maximum atomic E-state index is 10.0. The SMILES string of the molecule is CC(C)(C)c1ccc(-c2ccc(OPO)c(-c3ccccc3)c2-c2ccc(C(C)(C)C)cc2C(C)(C)C)c(C(C)(C)C)c1. The maximum Gasteiger partial charge on any atom is 0.212 e. The molecule has 1 atom stereocenters. The molecule has 2 nitrogen and oxygen atoms in total. The van der Waals surface area contributed by atoms with Crippen LogP contribution in [-0.2, 0) is 21.7 Å². The van der Waals surface area contributed by atoms with E-state index in [4.69, 9.17) is 4.52 Å². The second-order valence-electron chi connectivity index (χ2n) is 15.9. The summed E-state index contributed by atoms with van der Waals surface area (Å²) in [4.78, 5) is 10.0. The van der Waals surface area contributed by atoms with Crippen molar-refractivity contribution < 1.29 is 9.42 Å². The molecule has 3 heteroatoms. The summed E-state index contributed by atoms with van der Waals surface area (Å²) in [5.41, 5.74) is 11.9. The second-order valence-corrected chi connectivity index (χ2v) is 16.3. The van der Waals surface area contributed by atoms with Crippen LogP contribution < -0.4 is 4.52 Å². The van der Waals surface area contributed by atoms with E-state index in [1.54, 1.807) is 0 Å². The molecule has 0 saturated carbocycles. The Bertz CT molecular complexity index is 1590. The van der Waals surface area contributed by atoms with Gasteiger partial charge in [0, 0.05) is 11.1 Å². The zero-order valence-corrected chi connectivity index (χ0v) is 29.4. The molecule has 0 spiro atoms. The van der Waals surface area contributed by atoms with Crippen molar-refractivity contribution in [2.45, 2.75) is 105 Å². The third kappa shape index (κ3) is 7.08. The second kappa shape index (κ2) is 11.9. The molecule has 228 valence electrons. The maximum absolute atomic E-state index is 10.0. The van der Waals surface area contributed by atoms with Gasteiger partial charge in [-0.3, -0.25) is 0 Å². The van der Waals surface area contributed by atoms with E-state index in [9.17, 15) is 4.89 Å². The summed E-state index contributed by atoms with van der Waals surface area (Å²) in [5.74, 6) is 0.689. The lowest BCUT2D eigenvalue weighted by Crippen LogP contribution is -2.18. The minimum atomic E-state index is -0.649. The van der Waals surface area contributed by atoms with Crippen molar-refractivity contribution >= 4 is 9.03 Å². The molecule has 4 aromatic carbocycles. The van der Waals surface area contributed by atoms with Gasteiger partial charge in [0.15, 0.2) is 0 Å². The summed E-state index contributed by atoms with van der Waals surface area (Å²) in [5, 5.41) is 0. The first-order chi connectivity index (χ1) is 19.8. The van der Waals surface area contributed by atoms with E-state index in [2.05, 4.69) is 150 Å². The van der Waals surface area contributed by atoms with Gasteiger partial charge in [0.2, 0.25) is 9.03 Å². The Labute approximate surface area is 262 Å². The normalized spacial score (nSPS) is 13.1. The van der Waals surface area contributed by atoms with Gasteiger partial charge >= 0.3 is 0 Å². The molecular weight excluding hydrogens is 543 g/mol. The molecule has 0 aromatic heterocycles. The van der Waals surface area contributed by atoms with Gasteiger partial charge in [-0.15, -0.1) is 0 Å². The Hall–Kier alpha value is -2.93. The van der Waals surface area contributed by atoms with E-state index < -0.39 is 9.03 Å². The van der Waals surface area contributed by atoms with Crippen LogP contribution in [0.25, 0.3) is 33.4 Å². The molecule has 4 rings (SSSR count). The average molecular weight is 595 g/mol. The highest BCUT2D eigenvalue weighted by Crippen LogP contribution is 2.51. The third-order valence-corrected chi connectivity index (χ3v) is 8.64. The summed E-state index contributed by atoms with van der Waals surface area (Å²) in [6, 6.07) is 28.7. The van der Waals surface area contributed by atoms with Crippen LogP contribution in [0.1, 0.15) is 105 Å². The van der Waals surface area contributed by atoms with Crippen molar-refractivity contribution in [1.29, 1.82) is 0 Å². The summed E-state index contributed by atoms with van der Waals surface area (Å²) < 4.78 is 5.99. The molecule has 0 aliphatic rings.